The van der Waals surface area contributed by atoms with Crippen LogP contribution in [0.3, 0.4) is 0 Å². The maximum absolute atomic E-state index is 10.3. The van der Waals surface area contributed by atoms with Crippen LogP contribution in [0.2, 0.25) is 0 Å². The summed E-state index contributed by atoms with van der Waals surface area (Å²) in [5, 5.41) is 19.3. The number of nitrogens with zero attached hydrogens (tertiary/aromatic N) is 1. The molecule has 0 bridgehead atoms. The van der Waals surface area contributed by atoms with Crippen molar-refractivity contribution in [1.29, 1.82) is 0 Å². The van der Waals surface area contributed by atoms with E-state index in [1.807, 2.05) is 13.8 Å². The van der Waals surface area contributed by atoms with Gasteiger partial charge in [-0.05, 0) is 12.3 Å². The normalized spacial score (nSPS) is 12.1. The van der Waals surface area contributed by atoms with Crippen molar-refractivity contribution in [2.24, 2.45) is 11.1 Å². The first-order valence-corrected chi connectivity index (χ1v) is 3.52. The molecule has 64 valence electrons. The molecule has 0 heterocycles. The second kappa shape index (κ2) is 4.71. The van der Waals surface area contributed by atoms with Crippen molar-refractivity contribution in [2.75, 3.05) is 0 Å². The smallest absolute Gasteiger partial charge is 0.353 e. The topological polar surface area (TPSA) is 69.9 Å². The van der Waals surface area contributed by atoms with Crippen molar-refractivity contribution >= 4 is 11.7 Å². The van der Waals surface area contributed by atoms with Crippen molar-refractivity contribution in [3.8, 4) is 0 Å². The third-order valence-electron chi connectivity index (χ3n) is 1.33. The second-order valence-corrected chi connectivity index (χ2v) is 2.78. The van der Waals surface area contributed by atoms with Crippen LogP contribution in [0.4, 0.5) is 0 Å². The van der Waals surface area contributed by atoms with Crippen LogP contribution in [0.15, 0.2) is 5.16 Å². The molecular weight excluding hydrogens is 146 g/mol. The van der Waals surface area contributed by atoms with Gasteiger partial charge in [0.2, 0.25) is 0 Å². The molecule has 4 nitrogen and oxygen atoms in total. The summed E-state index contributed by atoms with van der Waals surface area (Å²) in [6, 6.07) is 0. The van der Waals surface area contributed by atoms with Gasteiger partial charge in [-0.25, -0.2) is 4.79 Å². The lowest BCUT2D eigenvalue weighted by molar-refractivity contribution is -0.129. The van der Waals surface area contributed by atoms with Gasteiger partial charge in [0, 0.05) is 6.42 Å². The Bertz CT molecular complexity index is 163. The van der Waals surface area contributed by atoms with E-state index in [1.165, 1.54) is 0 Å². The minimum atomic E-state index is -1.15. The van der Waals surface area contributed by atoms with Crippen LogP contribution < -0.4 is 0 Å². The highest BCUT2D eigenvalue weighted by atomic mass is 16.4. The maximum atomic E-state index is 10.3. The number of carbonyl (C=O) groups is 1. The van der Waals surface area contributed by atoms with E-state index in [-0.39, 0.29) is 5.71 Å². The van der Waals surface area contributed by atoms with Gasteiger partial charge in [-0.1, -0.05) is 19.0 Å². The molecule has 0 saturated heterocycles. The molecule has 11 heavy (non-hydrogen) atoms. The summed E-state index contributed by atoms with van der Waals surface area (Å²) < 4.78 is 0. The number of rotatable bonds is 4. The Labute approximate surface area is 65.5 Å². The van der Waals surface area contributed by atoms with Gasteiger partial charge in [0.1, 0.15) is 0 Å². The Hall–Kier alpha value is -1.06. The van der Waals surface area contributed by atoms with Crippen molar-refractivity contribution in [3.05, 3.63) is 0 Å². The largest absolute Gasteiger partial charge is 0.477 e. The standard InChI is InChI=1S/C7H13NO3/c1-5(2)3-4-6(8-11)7(9)10/h5,11H,3-4H2,1-2H3,(H,9,10). The van der Waals surface area contributed by atoms with Crippen LogP contribution in [0.25, 0.3) is 0 Å². The third-order valence-corrected chi connectivity index (χ3v) is 1.33. The van der Waals surface area contributed by atoms with E-state index in [2.05, 4.69) is 5.16 Å². The van der Waals surface area contributed by atoms with Gasteiger partial charge in [0.05, 0.1) is 0 Å². The monoisotopic (exact) mass is 159 g/mol. The molecule has 0 unspecified atom stereocenters. The first kappa shape index (κ1) is 9.94. The van der Waals surface area contributed by atoms with Crippen molar-refractivity contribution < 1.29 is 15.1 Å². The molecule has 0 radical (unpaired) electrons. The van der Waals surface area contributed by atoms with E-state index < -0.39 is 5.97 Å². The fourth-order valence-electron chi connectivity index (χ4n) is 0.625. The van der Waals surface area contributed by atoms with Crippen molar-refractivity contribution in [3.63, 3.8) is 0 Å². The number of carboxylic acid groups (broad SMARTS) is 1. The fourth-order valence-corrected chi connectivity index (χ4v) is 0.625. The molecule has 0 spiro atoms. The zero-order valence-electron chi connectivity index (χ0n) is 6.74. The summed E-state index contributed by atoms with van der Waals surface area (Å²) in [5.41, 5.74) is -0.168. The average Bonchev–Trinajstić information content (AvgIpc) is 1.87. The van der Waals surface area contributed by atoms with Gasteiger partial charge in [-0.3, -0.25) is 0 Å². The number of carboxylic acids is 1. The summed E-state index contributed by atoms with van der Waals surface area (Å²) in [7, 11) is 0. The molecule has 0 aliphatic carbocycles. The molecule has 0 aromatic heterocycles. The summed E-state index contributed by atoms with van der Waals surface area (Å²) in [6.07, 6.45) is 1.05. The predicted octanol–water partition coefficient (Wildman–Crippen LogP) is 1.34. The van der Waals surface area contributed by atoms with Crippen molar-refractivity contribution in [2.45, 2.75) is 26.7 Å². The summed E-state index contributed by atoms with van der Waals surface area (Å²) >= 11 is 0. The zero-order chi connectivity index (χ0) is 8.85. The molecule has 0 aromatic rings. The Morgan fingerprint density at radius 3 is 2.36 bits per heavy atom. The van der Waals surface area contributed by atoms with Gasteiger partial charge >= 0.3 is 5.97 Å². The minimum Gasteiger partial charge on any atom is -0.477 e. The van der Waals surface area contributed by atoms with E-state index in [0.29, 0.717) is 12.3 Å². The molecule has 0 aliphatic heterocycles. The molecule has 4 heteroatoms. The number of hydrogen-bond donors (Lipinski definition) is 2. The fraction of sp³-hybridized carbons (Fsp3) is 0.714. The molecule has 0 rings (SSSR count). The van der Waals surface area contributed by atoms with E-state index in [1.54, 1.807) is 0 Å². The van der Waals surface area contributed by atoms with Crippen LogP contribution in [0, 0.1) is 5.92 Å². The Morgan fingerprint density at radius 1 is 1.55 bits per heavy atom. The van der Waals surface area contributed by atoms with Crippen LogP contribution in [0.5, 0.6) is 0 Å². The highest BCUT2D eigenvalue weighted by Gasteiger charge is 2.09. The third kappa shape index (κ3) is 4.36. The van der Waals surface area contributed by atoms with Gasteiger partial charge in [0.15, 0.2) is 5.71 Å². The Morgan fingerprint density at radius 2 is 2.09 bits per heavy atom. The second-order valence-electron chi connectivity index (χ2n) is 2.78. The number of hydrogen-bond acceptors (Lipinski definition) is 3. The molecule has 0 saturated carbocycles. The highest BCUT2D eigenvalue weighted by molar-refractivity contribution is 6.35. The van der Waals surface area contributed by atoms with E-state index in [0.717, 1.165) is 6.42 Å². The van der Waals surface area contributed by atoms with E-state index >= 15 is 0 Å². The minimum absolute atomic E-state index is 0.168. The molecule has 0 amide bonds. The zero-order valence-corrected chi connectivity index (χ0v) is 6.74. The van der Waals surface area contributed by atoms with Crippen LogP contribution >= 0.6 is 0 Å². The SMILES string of the molecule is CC(C)CCC(=NO)C(=O)O. The lowest BCUT2D eigenvalue weighted by Gasteiger charge is -2.01. The van der Waals surface area contributed by atoms with Gasteiger partial charge in [0.25, 0.3) is 0 Å². The average molecular weight is 159 g/mol. The van der Waals surface area contributed by atoms with Crippen LogP contribution in [-0.4, -0.2) is 22.0 Å². The molecule has 0 aliphatic rings. The quantitative estimate of drug-likeness (QED) is 0.369. The summed E-state index contributed by atoms with van der Waals surface area (Å²) in [6.45, 7) is 3.97. The lowest BCUT2D eigenvalue weighted by Crippen LogP contribution is -2.13. The van der Waals surface area contributed by atoms with Crippen LogP contribution in [-0.2, 0) is 4.79 Å². The molecule has 0 fully saturated rings. The van der Waals surface area contributed by atoms with Gasteiger partial charge in [-0.15, -0.1) is 0 Å². The molecule has 2 N–H and O–H groups in total. The summed E-state index contributed by atoms with van der Waals surface area (Å²) in [5.74, 6) is -0.723. The van der Waals surface area contributed by atoms with Crippen molar-refractivity contribution in [1.82, 2.24) is 0 Å². The van der Waals surface area contributed by atoms with Gasteiger partial charge in [-0.2, -0.15) is 0 Å². The molecular formula is C7H13NO3. The molecule has 0 atom stereocenters. The Balaban J connectivity index is 3.82. The number of oxime groups is 1. The predicted molar refractivity (Wildman–Crippen MR) is 40.9 cm³/mol. The molecule has 0 aromatic carbocycles. The first-order chi connectivity index (χ1) is 5.07. The van der Waals surface area contributed by atoms with Crippen LogP contribution in [0.1, 0.15) is 26.7 Å². The van der Waals surface area contributed by atoms with Gasteiger partial charge < -0.3 is 10.3 Å². The van der Waals surface area contributed by atoms with E-state index in [9.17, 15) is 4.79 Å². The Kier molecular flexibility index (Phi) is 4.26. The first-order valence-electron chi connectivity index (χ1n) is 3.52. The maximum Gasteiger partial charge on any atom is 0.353 e. The lowest BCUT2D eigenvalue weighted by atomic mass is 10.1. The highest BCUT2D eigenvalue weighted by Crippen LogP contribution is 2.04. The van der Waals surface area contributed by atoms with E-state index in [4.69, 9.17) is 10.3 Å². The summed E-state index contributed by atoms with van der Waals surface area (Å²) in [4.78, 5) is 10.3. The number of aliphatic carboxylic acids is 1.